The SMILES string of the molecule is CC(C)C(CO)NCC1CCC(C)(C)O1. The third-order valence-corrected chi connectivity index (χ3v) is 3.16. The summed E-state index contributed by atoms with van der Waals surface area (Å²) >= 11 is 0. The predicted octanol–water partition coefficient (Wildman–Crippen LogP) is 1.55. The third-order valence-electron chi connectivity index (χ3n) is 3.16. The molecular weight excluding hydrogens is 190 g/mol. The first-order chi connectivity index (χ1) is 6.94. The van der Waals surface area contributed by atoms with Crippen molar-refractivity contribution in [3.63, 3.8) is 0 Å². The summed E-state index contributed by atoms with van der Waals surface area (Å²) in [5, 5.41) is 12.5. The molecule has 90 valence electrons. The van der Waals surface area contributed by atoms with E-state index < -0.39 is 0 Å². The maximum Gasteiger partial charge on any atom is 0.0707 e. The van der Waals surface area contributed by atoms with E-state index in [1.807, 2.05) is 0 Å². The molecule has 0 spiro atoms. The number of aliphatic hydroxyl groups is 1. The zero-order valence-electron chi connectivity index (χ0n) is 10.4. The van der Waals surface area contributed by atoms with Crippen LogP contribution in [0.5, 0.6) is 0 Å². The molecule has 2 N–H and O–H groups in total. The summed E-state index contributed by atoms with van der Waals surface area (Å²) in [6.45, 7) is 9.57. The predicted molar refractivity (Wildman–Crippen MR) is 61.9 cm³/mol. The Labute approximate surface area is 93.2 Å². The molecule has 2 unspecified atom stereocenters. The van der Waals surface area contributed by atoms with Crippen LogP contribution >= 0.6 is 0 Å². The van der Waals surface area contributed by atoms with Gasteiger partial charge in [-0.15, -0.1) is 0 Å². The van der Waals surface area contributed by atoms with Crippen molar-refractivity contribution in [3.8, 4) is 0 Å². The molecule has 0 aromatic carbocycles. The highest BCUT2D eigenvalue weighted by molar-refractivity contribution is 4.83. The van der Waals surface area contributed by atoms with E-state index >= 15 is 0 Å². The van der Waals surface area contributed by atoms with Gasteiger partial charge in [-0.25, -0.2) is 0 Å². The fraction of sp³-hybridized carbons (Fsp3) is 1.00. The van der Waals surface area contributed by atoms with E-state index in [9.17, 15) is 0 Å². The van der Waals surface area contributed by atoms with Crippen molar-refractivity contribution in [3.05, 3.63) is 0 Å². The Balaban J connectivity index is 2.26. The zero-order chi connectivity index (χ0) is 11.5. The molecule has 0 aliphatic carbocycles. The number of nitrogens with one attached hydrogen (secondary N) is 1. The quantitative estimate of drug-likeness (QED) is 0.731. The lowest BCUT2D eigenvalue weighted by Crippen LogP contribution is -2.41. The Morgan fingerprint density at radius 2 is 2.13 bits per heavy atom. The molecular formula is C12H25NO2. The second kappa shape index (κ2) is 5.28. The van der Waals surface area contributed by atoms with Crippen molar-refractivity contribution in [1.82, 2.24) is 5.32 Å². The molecule has 0 bridgehead atoms. The summed E-state index contributed by atoms with van der Waals surface area (Å²) in [5.41, 5.74) is 0.0406. The van der Waals surface area contributed by atoms with Crippen LogP contribution in [-0.2, 0) is 4.74 Å². The molecule has 2 atom stereocenters. The molecule has 0 amide bonds. The largest absolute Gasteiger partial charge is 0.395 e. The topological polar surface area (TPSA) is 41.5 Å². The normalized spacial score (nSPS) is 27.2. The van der Waals surface area contributed by atoms with Gasteiger partial charge in [0.2, 0.25) is 0 Å². The highest BCUT2D eigenvalue weighted by Crippen LogP contribution is 2.28. The van der Waals surface area contributed by atoms with Crippen LogP contribution < -0.4 is 5.32 Å². The second-order valence-electron chi connectivity index (χ2n) is 5.48. The van der Waals surface area contributed by atoms with Crippen LogP contribution in [0.4, 0.5) is 0 Å². The molecule has 0 aromatic heterocycles. The van der Waals surface area contributed by atoms with Gasteiger partial charge in [-0.1, -0.05) is 13.8 Å². The summed E-state index contributed by atoms with van der Waals surface area (Å²) in [6.07, 6.45) is 2.56. The minimum Gasteiger partial charge on any atom is -0.395 e. The first-order valence-electron chi connectivity index (χ1n) is 5.96. The molecule has 0 aromatic rings. The van der Waals surface area contributed by atoms with E-state index in [2.05, 4.69) is 33.0 Å². The molecule has 0 saturated carbocycles. The number of hydrogen-bond donors (Lipinski definition) is 2. The van der Waals surface area contributed by atoms with E-state index in [-0.39, 0.29) is 18.2 Å². The van der Waals surface area contributed by atoms with E-state index in [4.69, 9.17) is 9.84 Å². The first-order valence-corrected chi connectivity index (χ1v) is 5.96. The monoisotopic (exact) mass is 215 g/mol. The third kappa shape index (κ3) is 4.09. The van der Waals surface area contributed by atoms with Crippen molar-refractivity contribution >= 4 is 0 Å². The van der Waals surface area contributed by atoms with E-state index in [0.29, 0.717) is 12.0 Å². The number of ether oxygens (including phenoxy) is 1. The van der Waals surface area contributed by atoms with Gasteiger partial charge in [0, 0.05) is 12.6 Å². The van der Waals surface area contributed by atoms with Gasteiger partial charge < -0.3 is 15.2 Å². The average molecular weight is 215 g/mol. The molecule has 3 nitrogen and oxygen atoms in total. The molecule has 1 fully saturated rings. The molecule has 1 saturated heterocycles. The maximum absolute atomic E-state index is 9.17. The standard InChI is InChI=1S/C12H25NO2/c1-9(2)11(8-14)13-7-10-5-6-12(3,4)15-10/h9-11,13-14H,5-8H2,1-4H3. The Morgan fingerprint density at radius 3 is 2.53 bits per heavy atom. The fourth-order valence-corrected chi connectivity index (χ4v) is 2.02. The van der Waals surface area contributed by atoms with Gasteiger partial charge in [0.25, 0.3) is 0 Å². The Kier molecular flexibility index (Phi) is 4.56. The van der Waals surface area contributed by atoms with E-state index in [1.165, 1.54) is 0 Å². The minimum absolute atomic E-state index is 0.0406. The Morgan fingerprint density at radius 1 is 1.47 bits per heavy atom. The lowest BCUT2D eigenvalue weighted by atomic mass is 10.0. The van der Waals surface area contributed by atoms with Crippen LogP contribution in [0.15, 0.2) is 0 Å². The van der Waals surface area contributed by atoms with Gasteiger partial charge in [0.1, 0.15) is 0 Å². The highest BCUT2D eigenvalue weighted by Gasteiger charge is 2.31. The second-order valence-corrected chi connectivity index (χ2v) is 5.48. The van der Waals surface area contributed by atoms with Crippen molar-refractivity contribution in [2.75, 3.05) is 13.2 Å². The van der Waals surface area contributed by atoms with Crippen molar-refractivity contribution < 1.29 is 9.84 Å². The summed E-state index contributed by atoms with van der Waals surface area (Å²) in [6, 6.07) is 0.192. The fourth-order valence-electron chi connectivity index (χ4n) is 2.02. The van der Waals surface area contributed by atoms with Gasteiger partial charge in [-0.2, -0.15) is 0 Å². The highest BCUT2D eigenvalue weighted by atomic mass is 16.5. The number of aliphatic hydroxyl groups excluding tert-OH is 1. The van der Waals surface area contributed by atoms with Gasteiger partial charge in [0.15, 0.2) is 0 Å². The number of hydrogen-bond acceptors (Lipinski definition) is 3. The number of rotatable bonds is 5. The van der Waals surface area contributed by atoms with E-state index in [1.54, 1.807) is 0 Å². The maximum atomic E-state index is 9.17. The van der Waals surface area contributed by atoms with Crippen LogP contribution in [0.2, 0.25) is 0 Å². The van der Waals surface area contributed by atoms with Crippen molar-refractivity contribution in [2.45, 2.75) is 58.3 Å². The Bertz CT molecular complexity index is 192. The van der Waals surface area contributed by atoms with Crippen LogP contribution in [0, 0.1) is 5.92 Å². The van der Waals surface area contributed by atoms with Gasteiger partial charge >= 0.3 is 0 Å². The van der Waals surface area contributed by atoms with Crippen molar-refractivity contribution in [2.24, 2.45) is 5.92 Å². The summed E-state index contributed by atoms with van der Waals surface area (Å²) in [7, 11) is 0. The zero-order valence-corrected chi connectivity index (χ0v) is 10.4. The van der Waals surface area contributed by atoms with Crippen molar-refractivity contribution in [1.29, 1.82) is 0 Å². The van der Waals surface area contributed by atoms with E-state index in [0.717, 1.165) is 19.4 Å². The van der Waals surface area contributed by atoms with Gasteiger partial charge in [0.05, 0.1) is 18.3 Å². The molecule has 1 aliphatic heterocycles. The average Bonchev–Trinajstić information content (AvgIpc) is 2.46. The van der Waals surface area contributed by atoms with Crippen LogP contribution in [0.1, 0.15) is 40.5 Å². The molecule has 0 radical (unpaired) electrons. The molecule has 1 heterocycles. The molecule has 1 rings (SSSR count). The van der Waals surface area contributed by atoms with Crippen LogP contribution in [-0.4, -0.2) is 36.0 Å². The molecule has 1 aliphatic rings. The summed E-state index contributed by atoms with van der Waals surface area (Å²) in [5.74, 6) is 0.462. The lowest BCUT2D eigenvalue weighted by Gasteiger charge is -2.24. The summed E-state index contributed by atoms with van der Waals surface area (Å²) < 4.78 is 5.88. The van der Waals surface area contributed by atoms with Gasteiger partial charge in [-0.05, 0) is 32.6 Å². The lowest BCUT2D eigenvalue weighted by molar-refractivity contribution is -0.0163. The summed E-state index contributed by atoms with van der Waals surface area (Å²) in [4.78, 5) is 0. The molecule has 3 heteroatoms. The first kappa shape index (κ1) is 12.9. The van der Waals surface area contributed by atoms with Gasteiger partial charge in [-0.3, -0.25) is 0 Å². The molecule has 15 heavy (non-hydrogen) atoms. The minimum atomic E-state index is 0.0406. The smallest absolute Gasteiger partial charge is 0.0707 e. The van der Waals surface area contributed by atoms with Crippen LogP contribution in [0.25, 0.3) is 0 Å². The van der Waals surface area contributed by atoms with Crippen LogP contribution in [0.3, 0.4) is 0 Å². The Hall–Kier alpha value is -0.120.